The van der Waals surface area contributed by atoms with Crippen molar-refractivity contribution in [3.8, 4) is 23.3 Å². The second kappa shape index (κ2) is 17.9. The molecular weight excluding hydrogens is 743 g/mol. The van der Waals surface area contributed by atoms with E-state index in [1.54, 1.807) is 92.4 Å². The molecule has 0 radical (unpaired) electrons. The first-order valence-electron chi connectivity index (χ1n) is 17.1. The fraction of sp³-hybridized carbons (Fsp3) is 0.275. The van der Waals surface area contributed by atoms with Crippen LogP contribution in [0.2, 0.25) is 0 Å². The van der Waals surface area contributed by atoms with Crippen LogP contribution in [0.4, 0.5) is 15.5 Å². The molecule has 0 atom stereocenters. The number of nitrogens with zero attached hydrogens (tertiary/aromatic N) is 2. The molecule has 13 nitrogen and oxygen atoms in total. The van der Waals surface area contributed by atoms with Crippen molar-refractivity contribution in [1.82, 2.24) is 10.2 Å². The summed E-state index contributed by atoms with van der Waals surface area (Å²) in [6, 6.07) is 20.9. The Labute approximate surface area is 327 Å². The number of carbonyl (C=O) groups is 4. The first kappa shape index (κ1) is 40.2. The highest BCUT2D eigenvalue weighted by molar-refractivity contribution is 8.00. The SMILES string of the molecule is COc1cc(OC)c(OC)cc1/C=C(/NC(=O)c1ccccc1)C(=O)Nc1cccc(SCC(=O)Nc2sc3c(c2C#N)CCN(C(=O)OC(C)(C)C)C3)c1. The lowest BCUT2D eigenvalue weighted by atomic mass is 10.0. The Hall–Kier alpha value is -5.98. The van der Waals surface area contributed by atoms with Crippen molar-refractivity contribution in [1.29, 1.82) is 5.26 Å². The molecule has 1 aliphatic heterocycles. The largest absolute Gasteiger partial charge is 0.496 e. The summed E-state index contributed by atoms with van der Waals surface area (Å²) in [4.78, 5) is 55.9. The third kappa shape index (κ3) is 10.4. The number of ether oxygens (including phenoxy) is 4. The Kier molecular flexibility index (Phi) is 13.1. The van der Waals surface area contributed by atoms with E-state index in [1.807, 2.05) is 0 Å². The summed E-state index contributed by atoms with van der Waals surface area (Å²) in [6.45, 7) is 6.12. The molecule has 286 valence electrons. The molecule has 2 heterocycles. The highest BCUT2D eigenvalue weighted by Gasteiger charge is 2.30. The normalized spacial score (nSPS) is 12.5. The van der Waals surface area contributed by atoms with E-state index in [2.05, 4.69) is 22.0 Å². The molecule has 0 saturated heterocycles. The van der Waals surface area contributed by atoms with Gasteiger partial charge in [0.15, 0.2) is 11.5 Å². The van der Waals surface area contributed by atoms with Crippen LogP contribution < -0.4 is 30.2 Å². The van der Waals surface area contributed by atoms with E-state index in [0.29, 0.717) is 69.0 Å². The molecule has 3 aromatic carbocycles. The van der Waals surface area contributed by atoms with Crippen molar-refractivity contribution in [3.05, 3.63) is 99.6 Å². The summed E-state index contributed by atoms with van der Waals surface area (Å²) < 4.78 is 21.9. The minimum Gasteiger partial charge on any atom is -0.496 e. The lowest BCUT2D eigenvalue weighted by Crippen LogP contribution is -2.39. The fourth-order valence-electron chi connectivity index (χ4n) is 5.53. The lowest BCUT2D eigenvalue weighted by Gasteiger charge is -2.29. The summed E-state index contributed by atoms with van der Waals surface area (Å²) in [6.07, 6.45) is 1.53. The van der Waals surface area contributed by atoms with Gasteiger partial charge in [0.25, 0.3) is 11.8 Å². The van der Waals surface area contributed by atoms with Crippen LogP contribution in [0.25, 0.3) is 6.08 Å². The number of amides is 4. The summed E-state index contributed by atoms with van der Waals surface area (Å²) in [5.74, 6) is -0.223. The standard InChI is InChI=1S/C40H41N5O8S2/c1-40(2,3)53-39(49)45-16-15-28-29(21-41)38(55-34(28)22-45)44-35(46)23-54-27-14-10-13-26(19-27)42-37(48)30(43-36(47)24-11-8-7-9-12-24)17-25-18-32(51-5)33(52-6)20-31(25)50-4/h7-14,17-20H,15-16,22-23H2,1-6H3,(H,42,48)(H,43,47)(H,44,46)/b30-17+. The van der Waals surface area contributed by atoms with Crippen LogP contribution in [0, 0.1) is 11.3 Å². The highest BCUT2D eigenvalue weighted by atomic mass is 32.2. The minimum absolute atomic E-state index is 0.0201. The van der Waals surface area contributed by atoms with Gasteiger partial charge in [0.2, 0.25) is 5.91 Å². The van der Waals surface area contributed by atoms with Crippen molar-refractivity contribution in [2.75, 3.05) is 44.3 Å². The first-order valence-corrected chi connectivity index (χ1v) is 18.9. The molecule has 55 heavy (non-hydrogen) atoms. The number of thiophene rings is 1. The van der Waals surface area contributed by atoms with E-state index in [0.717, 1.165) is 10.4 Å². The number of nitrogens with one attached hydrogen (secondary N) is 3. The van der Waals surface area contributed by atoms with Crippen molar-refractivity contribution >= 4 is 63.7 Å². The summed E-state index contributed by atoms with van der Waals surface area (Å²) in [5, 5.41) is 18.8. The van der Waals surface area contributed by atoms with Gasteiger partial charge in [-0.25, -0.2) is 4.79 Å². The third-order valence-electron chi connectivity index (χ3n) is 8.10. The van der Waals surface area contributed by atoms with Crippen LogP contribution >= 0.6 is 23.1 Å². The number of nitriles is 1. The Balaban J connectivity index is 1.29. The molecule has 0 fully saturated rings. The highest BCUT2D eigenvalue weighted by Crippen LogP contribution is 2.38. The van der Waals surface area contributed by atoms with Crippen molar-refractivity contribution < 1.29 is 38.1 Å². The number of benzene rings is 3. The molecule has 4 amide bonds. The number of anilines is 2. The molecule has 5 rings (SSSR count). The zero-order valence-corrected chi connectivity index (χ0v) is 32.9. The average Bonchev–Trinajstić information content (AvgIpc) is 3.52. The molecule has 0 aliphatic carbocycles. The summed E-state index contributed by atoms with van der Waals surface area (Å²) in [7, 11) is 4.45. The van der Waals surface area contributed by atoms with E-state index < -0.39 is 23.5 Å². The van der Waals surface area contributed by atoms with Gasteiger partial charge < -0.3 is 39.8 Å². The zero-order chi connectivity index (χ0) is 39.7. The summed E-state index contributed by atoms with van der Waals surface area (Å²) in [5.41, 5.74) is 1.75. The van der Waals surface area contributed by atoms with Crippen LogP contribution in [0.5, 0.6) is 17.2 Å². The van der Waals surface area contributed by atoms with Crippen molar-refractivity contribution in [3.63, 3.8) is 0 Å². The van der Waals surface area contributed by atoms with Gasteiger partial charge in [-0.15, -0.1) is 23.1 Å². The maximum absolute atomic E-state index is 13.8. The predicted octanol–water partition coefficient (Wildman–Crippen LogP) is 7.08. The number of thioether (sulfide) groups is 1. The van der Waals surface area contributed by atoms with E-state index in [-0.39, 0.29) is 17.4 Å². The van der Waals surface area contributed by atoms with Gasteiger partial charge in [-0.3, -0.25) is 14.4 Å². The molecule has 1 aromatic heterocycles. The maximum atomic E-state index is 13.8. The molecular formula is C40H41N5O8S2. The first-order chi connectivity index (χ1) is 26.3. The summed E-state index contributed by atoms with van der Waals surface area (Å²) >= 11 is 2.52. The number of hydrogen-bond acceptors (Lipinski definition) is 11. The number of methoxy groups -OCH3 is 3. The second-order valence-corrected chi connectivity index (χ2v) is 15.3. The van der Waals surface area contributed by atoms with Gasteiger partial charge in [0, 0.05) is 39.2 Å². The van der Waals surface area contributed by atoms with Crippen molar-refractivity contribution in [2.24, 2.45) is 0 Å². The van der Waals surface area contributed by atoms with Gasteiger partial charge in [0.05, 0.1) is 39.2 Å². The van der Waals surface area contributed by atoms with Gasteiger partial charge in [-0.2, -0.15) is 5.26 Å². The zero-order valence-electron chi connectivity index (χ0n) is 31.2. The Morgan fingerprint density at radius 3 is 2.31 bits per heavy atom. The quantitative estimate of drug-likeness (QED) is 0.0998. The van der Waals surface area contributed by atoms with Gasteiger partial charge in [-0.05, 0) is 75.2 Å². The molecule has 3 N–H and O–H groups in total. The molecule has 0 bridgehead atoms. The maximum Gasteiger partial charge on any atom is 0.410 e. The van der Waals surface area contributed by atoms with Crippen LogP contribution in [0.15, 0.2) is 77.3 Å². The Morgan fingerprint density at radius 1 is 0.927 bits per heavy atom. The number of fused-ring (bicyclic) bond motifs is 1. The average molecular weight is 784 g/mol. The van der Waals surface area contributed by atoms with E-state index >= 15 is 0 Å². The number of rotatable bonds is 12. The molecule has 0 saturated carbocycles. The number of carbonyl (C=O) groups excluding carboxylic acids is 4. The molecule has 0 spiro atoms. The van der Waals surface area contributed by atoms with Crippen LogP contribution in [-0.2, 0) is 27.3 Å². The van der Waals surface area contributed by atoms with E-state index in [4.69, 9.17) is 18.9 Å². The minimum atomic E-state index is -0.631. The molecule has 4 aromatic rings. The van der Waals surface area contributed by atoms with Crippen molar-refractivity contribution in [2.45, 2.75) is 44.2 Å². The second-order valence-electron chi connectivity index (χ2n) is 13.1. The Bertz CT molecular complexity index is 2150. The lowest BCUT2D eigenvalue weighted by molar-refractivity contribution is -0.114. The van der Waals surface area contributed by atoms with E-state index in [9.17, 15) is 24.4 Å². The van der Waals surface area contributed by atoms with Crippen LogP contribution in [0.3, 0.4) is 0 Å². The number of hydrogen-bond donors (Lipinski definition) is 3. The van der Waals surface area contributed by atoms with E-state index in [1.165, 1.54) is 50.5 Å². The predicted molar refractivity (Wildman–Crippen MR) is 212 cm³/mol. The van der Waals surface area contributed by atoms with Gasteiger partial charge in [0.1, 0.15) is 28.1 Å². The molecule has 15 heteroatoms. The topological polar surface area (TPSA) is 168 Å². The van der Waals surface area contributed by atoms with Gasteiger partial charge in [-0.1, -0.05) is 24.3 Å². The monoisotopic (exact) mass is 783 g/mol. The van der Waals surface area contributed by atoms with Gasteiger partial charge >= 0.3 is 6.09 Å². The molecule has 0 unspecified atom stereocenters. The fourth-order valence-corrected chi connectivity index (χ4v) is 7.51. The van der Waals surface area contributed by atoms with Crippen LogP contribution in [-0.4, -0.2) is 67.9 Å². The van der Waals surface area contributed by atoms with Crippen LogP contribution in [0.1, 0.15) is 52.7 Å². The molecule has 1 aliphatic rings. The Morgan fingerprint density at radius 2 is 1.64 bits per heavy atom. The smallest absolute Gasteiger partial charge is 0.410 e. The third-order valence-corrected chi connectivity index (χ3v) is 10.2.